The number of aromatic amines is 1. The molecule has 3 aliphatic rings. The number of amides is 3. The Morgan fingerprint density at radius 1 is 1.16 bits per heavy atom. The third kappa shape index (κ3) is 5.25. The summed E-state index contributed by atoms with van der Waals surface area (Å²) in [5, 5.41) is 43.6. The molecular weight excluding hydrogens is 506 g/mol. The van der Waals surface area contributed by atoms with Gasteiger partial charge in [0.1, 0.15) is 43.2 Å². The average molecular weight is 529 g/mol. The molecule has 0 bridgehead atoms. The summed E-state index contributed by atoms with van der Waals surface area (Å²) in [6, 6.07) is -0.122. The van der Waals surface area contributed by atoms with Crippen LogP contribution in [-0.4, -0.2) is 103 Å². The van der Waals surface area contributed by atoms with Gasteiger partial charge >= 0.3 is 5.69 Å². The number of nitrogens with zero attached hydrogens (tertiary/aromatic N) is 1. The Hall–Kier alpha value is -3.65. The molecule has 1 aromatic heterocycles. The van der Waals surface area contributed by atoms with E-state index in [9.17, 15) is 44.4 Å². The van der Waals surface area contributed by atoms with Crippen molar-refractivity contribution in [2.45, 2.75) is 55.2 Å². The van der Waals surface area contributed by atoms with E-state index < -0.39 is 89.9 Å². The van der Waals surface area contributed by atoms with Gasteiger partial charge < -0.3 is 45.7 Å². The Bertz CT molecular complexity index is 1210. The monoisotopic (exact) mass is 529 g/mol. The minimum absolute atomic E-state index is 0.189. The number of rotatable bonds is 7. The summed E-state index contributed by atoms with van der Waals surface area (Å²) < 4.78 is 16.8. The van der Waals surface area contributed by atoms with Crippen LogP contribution < -0.4 is 27.8 Å². The van der Waals surface area contributed by atoms with Crippen molar-refractivity contribution >= 4 is 17.7 Å². The zero-order chi connectivity index (χ0) is 27.0. The molecule has 0 saturated carbocycles. The number of ether oxygens (including phenoxy) is 3. The molecular formula is C19H23N5O13. The summed E-state index contributed by atoms with van der Waals surface area (Å²) >= 11 is 0. The predicted octanol–water partition coefficient (Wildman–Crippen LogP) is -6.47. The zero-order valence-corrected chi connectivity index (χ0v) is 18.6. The second-order valence-corrected chi connectivity index (χ2v) is 8.25. The number of hydrogen-bond donors (Lipinski definition) is 8. The molecule has 9 atom stereocenters. The first-order chi connectivity index (χ1) is 17.5. The predicted molar refractivity (Wildman–Crippen MR) is 112 cm³/mol. The van der Waals surface area contributed by atoms with Gasteiger partial charge in [0.15, 0.2) is 18.1 Å². The summed E-state index contributed by atoms with van der Waals surface area (Å²) in [6.07, 6.45) is -12.6. The van der Waals surface area contributed by atoms with E-state index in [2.05, 4.69) is 10.2 Å². The lowest BCUT2D eigenvalue weighted by Crippen LogP contribution is -2.54. The average Bonchev–Trinajstić information content (AvgIpc) is 3.37. The number of carbonyl (C=O) groups is 3. The number of aromatic nitrogens is 2. The van der Waals surface area contributed by atoms with Gasteiger partial charge in [-0.2, -0.15) is 0 Å². The van der Waals surface area contributed by atoms with Crippen LogP contribution >= 0.6 is 0 Å². The lowest BCUT2D eigenvalue weighted by molar-refractivity contribution is -0.240. The lowest BCUT2D eigenvalue weighted by Gasteiger charge is -2.34. The quantitative estimate of drug-likeness (QED) is 0.163. The highest BCUT2D eigenvalue weighted by Gasteiger charge is 2.51. The van der Waals surface area contributed by atoms with Gasteiger partial charge in [0, 0.05) is 12.3 Å². The van der Waals surface area contributed by atoms with Crippen molar-refractivity contribution in [2.75, 3.05) is 6.61 Å². The van der Waals surface area contributed by atoms with E-state index in [0.717, 1.165) is 22.9 Å². The van der Waals surface area contributed by atoms with Gasteiger partial charge in [0.2, 0.25) is 12.2 Å². The highest BCUT2D eigenvalue weighted by molar-refractivity contribution is 5.96. The third-order valence-electron chi connectivity index (χ3n) is 5.72. The van der Waals surface area contributed by atoms with Crippen molar-refractivity contribution < 1.29 is 53.9 Å². The van der Waals surface area contributed by atoms with E-state index >= 15 is 0 Å². The molecule has 1 aromatic rings. The summed E-state index contributed by atoms with van der Waals surface area (Å²) in [4.78, 5) is 66.3. The van der Waals surface area contributed by atoms with Gasteiger partial charge in [-0.15, -0.1) is 0 Å². The van der Waals surface area contributed by atoms with Crippen LogP contribution in [0.3, 0.4) is 0 Å². The lowest BCUT2D eigenvalue weighted by atomic mass is 10.0. The van der Waals surface area contributed by atoms with E-state index in [-0.39, 0.29) is 6.61 Å². The zero-order valence-electron chi connectivity index (χ0n) is 18.6. The van der Waals surface area contributed by atoms with Crippen molar-refractivity contribution in [1.82, 2.24) is 20.3 Å². The Balaban J connectivity index is 1.51. The highest BCUT2D eigenvalue weighted by Crippen LogP contribution is 2.32. The number of nitrogens with two attached hydrogens (primary N) is 1. The maximum absolute atomic E-state index is 12.5. The molecule has 0 aromatic carbocycles. The molecule has 2 fully saturated rings. The molecule has 5 unspecified atom stereocenters. The first-order valence-electron chi connectivity index (χ1n) is 10.7. The number of hydrogen-bond acceptors (Lipinski definition) is 13. The van der Waals surface area contributed by atoms with Crippen LogP contribution in [0.25, 0.3) is 0 Å². The number of primary amides is 1. The van der Waals surface area contributed by atoms with Crippen LogP contribution in [0, 0.1) is 0 Å². The third-order valence-corrected chi connectivity index (χ3v) is 5.72. The standard InChI is InChI=1S/C19H23N5O13/c20-14(30)13(12-10(28)11(29)17(36-12)24-2-1-8(26)22-19(24)33)37-18-9(27)6(25)3-7(35-18)16(32)21-5-4-34-23-15(5)31/h1-3,5-6,9-13,17-18,25,27-29H,4H2,(H2,20,30)(H,21,32)(H,23,31)(H,22,26,33)/t5-,6?,9?,10?,11?,12+,13?,17-,18-/m1/s1. The fourth-order valence-electron chi connectivity index (χ4n) is 3.81. The molecule has 3 aliphatic heterocycles. The topological polar surface area (TPSA) is 274 Å². The molecule has 3 amide bonds. The molecule has 0 spiro atoms. The van der Waals surface area contributed by atoms with Crippen molar-refractivity contribution in [3.63, 3.8) is 0 Å². The number of carbonyl (C=O) groups excluding carboxylic acids is 3. The highest BCUT2D eigenvalue weighted by atomic mass is 16.7. The summed E-state index contributed by atoms with van der Waals surface area (Å²) in [5.41, 5.74) is 5.67. The smallest absolute Gasteiger partial charge is 0.330 e. The molecule has 37 heavy (non-hydrogen) atoms. The number of H-pyrrole nitrogens is 1. The molecule has 0 aliphatic carbocycles. The number of hydroxylamine groups is 1. The van der Waals surface area contributed by atoms with Gasteiger partial charge in [-0.25, -0.2) is 10.3 Å². The second kappa shape index (κ2) is 10.4. The van der Waals surface area contributed by atoms with E-state index in [4.69, 9.17) is 19.9 Å². The Morgan fingerprint density at radius 3 is 2.51 bits per heavy atom. The van der Waals surface area contributed by atoms with Crippen molar-refractivity contribution in [3.8, 4) is 0 Å². The Labute approximate surface area is 205 Å². The first kappa shape index (κ1) is 26.4. The van der Waals surface area contributed by atoms with Crippen molar-refractivity contribution in [1.29, 1.82) is 0 Å². The minimum atomic E-state index is -1.95. The molecule has 0 radical (unpaired) electrons. The minimum Gasteiger partial charge on any atom is -0.456 e. The summed E-state index contributed by atoms with van der Waals surface area (Å²) in [6.45, 7) is -0.189. The van der Waals surface area contributed by atoms with Crippen LogP contribution in [0.15, 0.2) is 33.7 Å². The van der Waals surface area contributed by atoms with E-state index in [0.29, 0.717) is 0 Å². The second-order valence-electron chi connectivity index (χ2n) is 8.25. The summed E-state index contributed by atoms with van der Waals surface area (Å²) in [5.74, 6) is -3.49. The molecule has 4 rings (SSSR count). The van der Waals surface area contributed by atoms with Gasteiger partial charge in [-0.1, -0.05) is 0 Å². The number of nitrogens with one attached hydrogen (secondary N) is 3. The van der Waals surface area contributed by atoms with Gasteiger partial charge in [0.05, 0.1) is 0 Å². The number of aliphatic hydroxyl groups is 4. The van der Waals surface area contributed by atoms with Gasteiger partial charge in [0.25, 0.3) is 17.4 Å². The Morgan fingerprint density at radius 2 is 1.89 bits per heavy atom. The van der Waals surface area contributed by atoms with Crippen molar-refractivity contribution in [3.05, 3.63) is 44.9 Å². The maximum Gasteiger partial charge on any atom is 0.330 e. The van der Waals surface area contributed by atoms with Crippen LogP contribution in [0.1, 0.15) is 6.23 Å². The van der Waals surface area contributed by atoms with E-state index in [1.165, 1.54) is 0 Å². The largest absolute Gasteiger partial charge is 0.456 e. The first-order valence-corrected chi connectivity index (χ1v) is 10.7. The molecule has 2 saturated heterocycles. The van der Waals surface area contributed by atoms with Crippen LogP contribution in [0.5, 0.6) is 0 Å². The molecule has 9 N–H and O–H groups in total. The van der Waals surface area contributed by atoms with Crippen LogP contribution in [-0.2, 0) is 33.4 Å². The molecule has 18 heteroatoms. The van der Waals surface area contributed by atoms with E-state index in [1.54, 1.807) is 0 Å². The molecule has 4 heterocycles. The van der Waals surface area contributed by atoms with Crippen LogP contribution in [0.2, 0.25) is 0 Å². The fourth-order valence-corrected chi connectivity index (χ4v) is 3.81. The maximum atomic E-state index is 12.5. The van der Waals surface area contributed by atoms with Crippen LogP contribution in [0.4, 0.5) is 0 Å². The fraction of sp³-hybridized carbons (Fsp3) is 0.526. The molecule has 202 valence electrons. The van der Waals surface area contributed by atoms with Gasteiger partial charge in [-0.3, -0.25) is 33.6 Å². The van der Waals surface area contributed by atoms with Crippen molar-refractivity contribution in [2.24, 2.45) is 5.73 Å². The Kier molecular flexibility index (Phi) is 7.41. The molecule has 18 nitrogen and oxygen atoms in total. The normalized spacial score (nSPS) is 34.3. The number of aliphatic hydroxyl groups excluding tert-OH is 4. The van der Waals surface area contributed by atoms with Gasteiger partial charge in [-0.05, 0) is 6.08 Å². The SMILES string of the molecule is NC(=O)C(O[C@H]1OC(C(=O)N[C@@H]2CONC2=O)=CC(O)C1O)[C@H]1O[C@@H](n2ccc(=O)[nH]c2=O)C(O)C1O. The van der Waals surface area contributed by atoms with E-state index in [1.807, 2.05) is 10.5 Å². The summed E-state index contributed by atoms with van der Waals surface area (Å²) in [7, 11) is 0.